The third kappa shape index (κ3) is 5.37. The number of halogens is 1. The second kappa shape index (κ2) is 10.9. The van der Waals surface area contributed by atoms with Crippen LogP contribution in [0.2, 0.25) is 0 Å². The molecule has 2 aliphatic rings. The molecule has 0 amide bonds. The molecule has 0 spiro atoms. The van der Waals surface area contributed by atoms with Gasteiger partial charge in [0.1, 0.15) is 23.6 Å². The molecule has 2 fully saturated rings. The van der Waals surface area contributed by atoms with Crippen LogP contribution < -0.4 is 10.2 Å². The minimum absolute atomic E-state index is 0.116. The maximum absolute atomic E-state index is 14.4. The lowest BCUT2D eigenvalue weighted by atomic mass is 9.96. The summed E-state index contributed by atoms with van der Waals surface area (Å²) >= 11 is 0. The molecular formula is C27H35FN6O2. The molecule has 2 aliphatic heterocycles. The van der Waals surface area contributed by atoms with E-state index in [1.54, 1.807) is 18.6 Å². The maximum atomic E-state index is 14.4. The Bertz CT molecular complexity index is 1170. The van der Waals surface area contributed by atoms with Crippen LogP contribution in [0.1, 0.15) is 44.1 Å². The summed E-state index contributed by atoms with van der Waals surface area (Å²) in [6.45, 7) is 12.7. The normalized spacial score (nSPS) is 17.6. The third-order valence-electron chi connectivity index (χ3n) is 7.15. The fourth-order valence-corrected chi connectivity index (χ4v) is 5.19. The minimum atomic E-state index is -0.309. The Morgan fingerprint density at radius 1 is 1.11 bits per heavy atom. The molecule has 1 aromatic carbocycles. The number of ether oxygens (including phenoxy) is 1. The summed E-state index contributed by atoms with van der Waals surface area (Å²) in [6.07, 6.45) is 5.68. The summed E-state index contributed by atoms with van der Waals surface area (Å²) in [6, 6.07) is 4.75. The smallest absolute Gasteiger partial charge is 0.155 e. The topological polar surface area (TPSA) is 79.5 Å². The molecular weight excluding hydrogens is 459 g/mol. The summed E-state index contributed by atoms with van der Waals surface area (Å²) in [7, 11) is 0. The van der Waals surface area contributed by atoms with E-state index in [9.17, 15) is 4.39 Å². The van der Waals surface area contributed by atoms with Crippen molar-refractivity contribution in [2.45, 2.75) is 39.5 Å². The van der Waals surface area contributed by atoms with Crippen LogP contribution in [-0.4, -0.2) is 66.0 Å². The highest BCUT2D eigenvalue weighted by Crippen LogP contribution is 2.39. The number of hydrogen-bond acceptors (Lipinski definition) is 8. The SMILES string of the molecule is Cc1noc(C(C)C)c1-c1cc(F)ccc1Nc1cncnc1N1CCN(CC2CCOCC2)CC1. The van der Waals surface area contributed by atoms with E-state index in [0.717, 1.165) is 98.9 Å². The van der Waals surface area contributed by atoms with Gasteiger partial charge in [0, 0.05) is 68.7 Å². The predicted octanol–water partition coefficient (Wildman–Crippen LogP) is 4.99. The van der Waals surface area contributed by atoms with Gasteiger partial charge in [0.05, 0.1) is 11.9 Å². The Labute approximate surface area is 211 Å². The molecule has 192 valence electrons. The van der Waals surface area contributed by atoms with E-state index in [2.05, 4.69) is 30.2 Å². The Hall–Kier alpha value is -3.04. The molecule has 9 heteroatoms. The largest absolute Gasteiger partial charge is 0.381 e. The van der Waals surface area contributed by atoms with Crippen LogP contribution in [0, 0.1) is 18.7 Å². The van der Waals surface area contributed by atoms with Crippen LogP contribution >= 0.6 is 0 Å². The average molecular weight is 495 g/mol. The summed E-state index contributed by atoms with van der Waals surface area (Å²) in [5, 5.41) is 7.66. The number of anilines is 3. The zero-order valence-corrected chi connectivity index (χ0v) is 21.3. The van der Waals surface area contributed by atoms with Crippen LogP contribution in [-0.2, 0) is 4.74 Å². The third-order valence-corrected chi connectivity index (χ3v) is 7.15. The van der Waals surface area contributed by atoms with Crippen LogP contribution in [0.5, 0.6) is 0 Å². The zero-order valence-electron chi connectivity index (χ0n) is 21.3. The molecule has 0 aliphatic carbocycles. The van der Waals surface area contributed by atoms with Crippen molar-refractivity contribution in [1.29, 1.82) is 0 Å². The van der Waals surface area contributed by atoms with Gasteiger partial charge in [-0.05, 0) is 43.9 Å². The Morgan fingerprint density at radius 2 is 1.89 bits per heavy atom. The second-order valence-electron chi connectivity index (χ2n) is 10.1. The summed E-state index contributed by atoms with van der Waals surface area (Å²) in [5.74, 6) is 2.14. The van der Waals surface area contributed by atoms with Gasteiger partial charge in [-0.15, -0.1) is 0 Å². The van der Waals surface area contributed by atoms with Gasteiger partial charge < -0.3 is 19.5 Å². The highest BCUT2D eigenvalue weighted by atomic mass is 19.1. The molecule has 1 N–H and O–H groups in total. The Morgan fingerprint density at radius 3 is 2.64 bits per heavy atom. The quantitative estimate of drug-likeness (QED) is 0.492. The maximum Gasteiger partial charge on any atom is 0.155 e. The van der Waals surface area contributed by atoms with Gasteiger partial charge in [0.2, 0.25) is 0 Å². The van der Waals surface area contributed by atoms with Gasteiger partial charge in [0.25, 0.3) is 0 Å². The first-order valence-electron chi connectivity index (χ1n) is 12.9. The number of aryl methyl sites for hydroxylation is 1. The molecule has 0 atom stereocenters. The predicted molar refractivity (Wildman–Crippen MR) is 138 cm³/mol. The molecule has 0 bridgehead atoms. The lowest BCUT2D eigenvalue weighted by Gasteiger charge is -2.38. The Balaban J connectivity index is 1.35. The molecule has 2 aromatic heterocycles. The molecule has 5 rings (SSSR count). The van der Waals surface area contributed by atoms with Gasteiger partial charge in [-0.2, -0.15) is 0 Å². The van der Waals surface area contributed by atoms with Crippen LogP contribution in [0.3, 0.4) is 0 Å². The number of rotatable bonds is 7. The zero-order chi connectivity index (χ0) is 25.1. The summed E-state index contributed by atoms with van der Waals surface area (Å²) < 4.78 is 25.5. The Kier molecular flexibility index (Phi) is 7.48. The van der Waals surface area contributed by atoms with E-state index < -0.39 is 0 Å². The minimum Gasteiger partial charge on any atom is -0.381 e. The van der Waals surface area contributed by atoms with Crippen molar-refractivity contribution in [1.82, 2.24) is 20.0 Å². The van der Waals surface area contributed by atoms with Gasteiger partial charge in [-0.1, -0.05) is 19.0 Å². The van der Waals surface area contributed by atoms with E-state index in [1.165, 1.54) is 12.1 Å². The van der Waals surface area contributed by atoms with Crippen LogP contribution in [0.25, 0.3) is 11.1 Å². The summed E-state index contributed by atoms with van der Waals surface area (Å²) in [4.78, 5) is 13.8. The van der Waals surface area contributed by atoms with E-state index in [4.69, 9.17) is 9.26 Å². The average Bonchev–Trinajstić information content (AvgIpc) is 3.28. The summed E-state index contributed by atoms with van der Waals surface area (Å²) in [5.41, 5.74) is 3.83. The van der Waals surface area contributed by atoms with Crippen molar-refractivity contribution < 1.29 is 13.7 Å². The van der Waals surface area contributed by atoms with E-state index in [-0.39, 0.29) is 11.7 Å². The van der Waals surface area contributed by atoms with E-state index in [1.807, 2.05) is 20.8 Å². The monoisotopic (exact) mass is 494 g/mol. The number of nitrogens with zero attached hydrogens (tertiary/aromatic N) is 5. The molecule has 0 unspecified atom stereocenters. The highest BCUT2D eigenvalue weighted by molar-refractivity contribution is 5.85. The van der Waals surface area contributed by atoms with E-state index in [0.29, 0.717) is 5.56 Å². The van der Waals surface area contributed by atoms with Gasteiger partial charge in [-0.25, -0.2) is 14.4 Å². The van der Waals surface area contributed by atoms with Crippen molar-refractivity contribution in [3.8, 4) is 11.1 Å². The van der Waals surface area contributed by atoms with E-state index >= 15 is 0 Å². The van der Waals surface area contributed by atoms with Crippen molar-refractivity contribution in [3.63, 3.8) is 0 Å². The lowest BCUT2D eigenvalue weighted by molar-refractivity contribution is 0.0517. The number of nitrogens with one attached hydrogen (secondary N) is 1. The molecule has 0 saturated carbocycles. The number of aromatic nitrogens is 3. The number of benzene rings is 1. The van der Waals surface area contributed by atoms with Gasteiger partial charge >= 0.3 is 0 Å². The van der Waals surface area contributed by atoms with Crippen LogP contribution in [0.15, 0.2) is 35.2 Å². The van der Waals surface area contributed by atoms with Gasteiger partial charge in [-0.3, -0.25) is 4.90 Å². The fourth-order valence-electron chi connectivity index (χ4n) is 5.19. The molecule has 0 radical (unpaired) electrons. The standard InChI is InChI=1S/C27H35FN6O2/c1-18(2)26-25(19(3)32-36-26)22-14-21(28)4-5-23(22)31-24-15-29-17-30-27(24)34-10-8-33(9-11-34)16-20-6-12-35-13-7-20/h4-5,14-15,17-18,20,31H,6-13,16H2,1-3H3. The lowest BCUT2D eigenvalue weighted by Crippen LogP contribution is -2.48. The molecule has 4 heterocycles. The van der Waals surface area contributed by atoms with Crippen molar-refractivity contribution in [2.75, 3.05) is 56.2 Å². The first-order valence-corrected chi connectivity index (χ1v) is 12.9. The molecule has 3 aromatic rings. The number of hydrogen-bond donors (Lipinski definition) is 1. The van der Waals surface area contributed by atoms with Crippen LogP contribution in [0.4, 0.5) is 21.6 Å². The molecule has 8 nitrogen and oxygen atoms in total. The fraction of sp³-hybridized carbons (Fsp3) is 0.519. The first kappa shape index (κ1) is 24.6. The van der Waals surface area contributed by atoms with Crippen molar-refractivity contribution >= 4 is 17.2 Å². The first-order chi connectivity index (χ1) is 17.5. The number of piperazine rings is 1. The van der Waals surface area contributed by atoms with Gasteiger partial charge in [0.15, 0.2) is 5.82 Å². The second-order valence-corrected chi connectivity index (χ2v) is 10.1. The highest BCUT2D eigenvalue weighted by Gasteiger charge is 2.25. The van der Waals surface area contributed by atoms with Crippen molar-refractivity contribution in [3.05, 3.63) is 48.0 Å². The molecule has 2 saturated heterocycles. The molecule has 36 heavy (non-hydrogen) atoms. The van der Waals surface area contributed by atoms with Crippen molar-refractivity contribution in [2.24, 2.45) is 5.92 Å².